The van der Waals surface area contributed by atoms with E-state index in [4.69, 9.17) is 0 Å². The van der Waals surface area contributed by atoms with Crippen LogP contribution in [0.4, 0.5) is 0 Å². The molecule has 0 atom stereocenters. The molecule has 0 aliphatic carbocycles. The Balaban J connectivity index is 2.29. The third-order valence-corrected chi connectivity index (χ3v) is 2.97. The zero-order valence-electron chi connectivity index (χ0n) is 10.1. The van der Waals surface area contributed by atoms with E-state index >= 15 is 0 Å². The minimum Gasteiger partial charge on any atom is -0.507 e. The van der Waals surface area contributed by atoms with Gasteiger partial charge in [-0.3, -0.25) is 0 Å². The molecule has 19 heavy (non-hydrogen) atoms. The fraction of sp³-hybridized carbons (Fsp3) is 0.0769. The highest BCUT2D eigenvalue weighted by molar-refractivity contribution is 5.74. The maximum atomic E-state index is 10.0. The molecule has 0 bridgehead atoms. The summed E-state index contributed by atoms with van der Waals surface area (Å²) in [4.78, 5) is 1.15. The Morgan fingerprint density at radius 1 is 0.947 bits per heavy atom. The topological polar surface area (TPSA) is 91.4 Å². The molecular weight excluding hydrogens is 246 g/mol. The lowest BCUT2D eigenvalue weighted by Gasteiger charge is -2.09. The summed E-state index contributed by atoms with van der Waals surface area (Å²) in [5.74, 6) is -0.728. The Morgan fingerprint density at radius 2 is 1.53 bits per heavy atom. The third kappa shape index (κ3) is 1.65. The molecule has 0 saturated heterocycles. The van der Waals surface area contributed by atoms with Gasteiger partial charge < -0.3 is 15.3 Å². The van der Waals surface area contributed by atoms with E-state index in [1.165, 1.54) is 6.92 Å². The quantitative estimate of drug-likeness (QED) is 0.618. The van der Waals surface area contributed by atoms with Crippen LogP contribution in [0.3, 0.4) is 0 Å². The summed E-state index contributed by atoms with van der Waals surface area (Å²) in [5, 5.41) is 37.8. The van der Waals surface area contributed by atoms with E-state index in [1.54, 1.807) is 12.1 Å². The Morgan fingerprint density at radius 3 is 2.11 bits per heavy atom. The van der Waals surface area contributed by atoms with Crippen LogP contribution >= 0.6 is 0 Å². The highest BCUT2D eigenvalue weighted by Gasteiger charge is 2.18. The maximum Gasteiger partial charge on any atom is 0.169 e. The predicted molar refractivity (Wildman–Crippen MR) is 68.6 cm³/mol. The molecule has 0 saturated carbocycles. The first kappa shape index (κ1) is 11.3. The molecule has 0 unspecified atom stereocenters. The van der Waals surface area contributed by atoms with Crippen molar-refractivity contribution in [1.29, 1.82) is 0 Å². The normalized spacial score (nSPS) is 11.0. The van der Waals surface area contributed by atoms with E-state index in [0.29, 0.717) is 11.0 Å². The van der Waals surface area contributed by atoms with Crippen molar-refractivity contribution in [2.45, 2.75) is 6.92 Å². The predicted octanol–water partition coefficient (Wildman–Crippen LogP) is 1.85. The van der Waals surface area contributed by atoms with Crippen molar-refractivity contribution in [3.63, 3.8) is 0 Å². The highest BCUT2D eigenvalue weighted by Crippen LogP contribution is 2.38. The summed E-state index contributed by atoms with van der Waals surface area (Å²) >= 11 is 0. The molecule has 6 nitrogen and oxygen atoms in total. The van der Waals surface area contributed by atoms with Crippen molar-refractivity contribution in [3.8, 4) is 22.9 Å². The molecule has 3 rings (SSSR count). The second-order valence-corrected chi connectivity index (χ2v) is 4.22. The number of fused-ring (bicyclic) bond motifs is 1. The van der Waals surface area contributed by atoms with Gasteiger partial charge in [-0.15, -0.1) is 15.0 Å². The lowest BCUT2D eigenvalue weighted by atomic mass is 10.1. The summed E-state index contributed by atoms with van der Waals surface area (Å²) < 4.78 is 0. The Labute approximate surface area is 108 Å². The largest absolute Gasteiger partial charge is 0.507 e. The van der Waals surface area contributed by atoms with Crippen LogP contribution < -0.4 is 0 Å². The summed E-state index contributed by atoms with van der Waals surface area (Å²) in [5.41, 5.74) is 1.60. The first-order chi connectivity index (χ1) is 9.08. The van der Waals surface area contributed by atoms with Crippen molar-refractivity contribution in [2.75, 3.05) is 0 Å². The number of aromatic nitrogens is 3. The molecule has 3 aromatic rings. The van der Waals surface area contributed by atoms with Crippen molar-refractivity contribution in [2.24, 2.45) is 0 Å². The van der Waals surface area contributed by atoms with Gasteiger partial charge in [-0.1, -0.05) is 12.1 Å². The summed E-state index contributed by atoms with van der Waals surface area (Å²) in [6, 6.07) is 8.35. The van der Waals surface area contributed by atoms with Crippen LogP contribution in [0.25, 0.3) is 16.7 Å². The van der Waals surface area contributed by atoms with E-state index in [2.05, 4.69) is 10.2 Å². The van der Waals surface area contributed by atoms with E-state index in [9.17, 15) is 15.3 Å². The van der Waals surface area contributed by atoms with E-state index in [0.717, 1.165) is 10.9 Å². The average molecular weight is 257 g/mol. The van der Waals surface area contributed by atoms with E-state index in [-0.39, 0.29) is 28.5 Å². The van der Waals surface area contributed by atoms with Gasteiger partial charge in [0.05, 0.1) is 0 Å². The summed E-state index contributed by atoms with van der Waals surface area (Å²) in [7, 11) is 0. The Kier molecular flexibility index (Phi) is 2.31. The van der Waals surface area contributed by atoms with Crippen LogP contribution in [0.15, 0.2) is 30.3 Å². The Hall–Kier alpha value is -2.76. The summed E-state index contributed by atoms with van der Waals surface area (Å²) in [6.07, 6.45) is 0. The molecule has 0 spiro atoms. The number of hydrogen-bond donors (Lipinski definition) is 3. The molecule has 0 radical (unpaired) electrons. The lowest BCUT2D eigenvalue weighted by Crippen LogP contribution is -2.00. The van der Waals surface area contributed by atoms with Crippen LogP contribution in [-0.2, 0) is 0 Å². The molecule has 1 heterocycles. The first-order valence-electron chi connectivity index (χ1n) is 5.65. The molecule has 0 aliphatic rings. The maximum absolute atomic E-state index is 10.0. The minimum atomic E-state index is -0.291. The van der Waals surface area contributed by atoms with Gasteiger partial charge in [0.1, 0.15) is 16.8 Å². The molecule has 6 heteroatoms. The van der Waals surface area contributed by atoms with Crippen molar-refractivity contribution >= 4 is 11.0 Å². The number of benzene rings is 2. The minimum absolute atomic E-state index is 0.0477. The third-order valence-electron chi connectivity index (χ3n) is 2.97. The fourth-order valence-electron chi connectivity index (χ4n) is 1.88. The number of aromatic hydroxyl groups is 3. The van der Waals surface area contributed by atoms with Crippen LogP contribution in [0.2, 0.25) is 0 Å². The molecule has 0 fully saturated rings. The highest BCUT2D eigenvalue weighted by atomic mass is 16.3. The molecule has 2 aromatic carbocycles. The number of phenols is 3. The lowest BCUT2D eigenvalue weighted by molar-refractivity contribution is 0.415. The first-order valence-corrected chi connectivity index (χ1v) is 5.65. The Bertz CT molecular complexity index is 747. The molecule has 1 aromatic heterocycles. The van der Waals surface area contributed by atoms with Gasteiger partial charge in [-0.05, 0) is 19.1 Å². The van der Waals surface area contributed by atoms with Gasteiger partial charge in [0.25, 0.3) is 0 Å². The smallest absolute Gasteiger partial charge is 0.169 e. The summed E-state index contributed by atoms with van der Waals surface area (Å²) in [6.45, 7) is 1.54. The SMILES string of the molecule is Cc1c(O)cc(O)c(-n2nc3ccccc3n2)c1O. The van der Waals surface area contributed by atoms with Gasteiger partial charge in [0.15, 0.2) is 17.2 Å². The second kappa shape index (κ2) is 3.88. The van der Waals surface area contributed by atoms with E-state index in [1.807, 2.05) is 12.1 Å². The number of nitrogens with zero attached hydrogens (tertiary/aromatic N) is 3. The van der Waals surface area contributed by atoms with Crippen LogP contribution in [0, 0.1) is 6.92 Å². The van der Waals surface area contributed by atoms with Crippen molar-refractivity contribution in [3.05, 3.63) is 35.9 Å². The van der Waals surface area contributed by atoms with Crippen LogP contribution in [-0.4, -0.2) is 30.3 Å². The zero-order valence-corrected chi connectivity index (χ0v) is 10.1. The van der Waals surface area contributed by atoms with Gasteiger partial charge in [-0.2, -0.15) is 0 Å². The molecule has 3 N–H and O–H groups in total. The number of phenolic OH excluding ortho intramolecular Hbond substituents is 3. The van der Waals surface area contributed by atoms with Crippen molar-refractivity contribution in [1.82, 2.24) is 15.0 Å². The van der Waals surface area contributed by atoms with Crippen LogP contribution in [0.1, 0.15) is 5.56 Å². The zero-order chi connectivity index (χ0) is 13.6. The molecular formula is C13H11N3O3. The standard InChI is InChI=1S/C13H11N3O3/c1-7-10(17)6-11(18)12(13(7)19)16-14-8-4-2-3-5-9(8)15-16/h2-6,17-19H,1H3. The van der Waals surface area contributed by atoms with Crippen molar-refractivity contribution < 1.29 is 15.3 Å². The van der Waals surface area contributed by atoms with E-state index < -0.39 is 0 Å². The fourth-order valence-corrected chi connectivity index (χ4v) is 1.88. The van der Waals surface area contributed by atoms with Gasteiger partial charge in [-0.25, -0.2) is 0 Å². The number of hydrogen-bond acceptors (Lipinski definition) is 5. The monoisotopic (exact) mass is 257 g/mol. The number of rotatable bonds is 1. The van der Waals surface area contributed by atoms with Gasteiger partial charge in [0, 0.05) is 11.6 Å². The second-order valence-electron chi connectivity index (χ2n) is 4.22. The average Bonchev–Trinajstić information content (AvgIpc) is 2.79. The van der Waals surface area contributed by atoms with Gasteiger partial charge in [0.2, 0.25) is 0 Å². The molecule has 0 amide bonds. The van der Waals surface area contributed by atoms with Crippen LogP contribution in [0.5, 0.6) is 17.2 Å². The molecule has 96 valence electrons. The molecule has 0 aliphatic heterocycles. The van der Waals surface area contributed by atoms with Gasteiger partial charge >= 0.3 is 0 Å².